The van der Waals surface area contributed by atoms with Crippen LogP contribution >= 0.6 is 11.8 Å². The van der Waals surface area contributed by atoms with E-state index >= 15 is 0 Å². The maximum atomic E-state index is 10.9. The Kier molecular flexibility index (Phi) is 4.38. The minimum Gasteiger partial charge on any atom is -0.480 e. The maximum Gasteiger partial charge on any atom is 0.317 e. The zero-order valence-electron chi connectivity index (χ0n) is 9.23. The van der Waals surface area contributed by atoms with Gasteiger partial charge in [0.05, 0.1) is 4.92 Å². The first-order valence-corrected chi connectivity index (χ1v) is 5.65. The van der Waals surface area contributed by atoms with Gasteiger partial charge in [-0.3, -0.25) is 14.9 Å². The Morgan fingerprint density at radius 3 is 2.35 bits per heavy atom. The average molecular weight is 257 g/mol. The van der Waals surface area contributed by atoms with Gasteiger partial charge in [0.25, 0.3) is 0 Å². The molecule has 0 saturated carbocycles. The maximum absolute atomic E-state index is 10.9. The topological polar surface area (TPSA) is 106 Å². The fourth-order valence-corrected chi connectivity index (χ4v) is 1.88. The fourth-order valence-electron chi connectivity index (χ4n) is 1.05. The number of nitro groups is 1. The van der Waals surface area contributed by atoms with E-state index in [1.54, 1.807) is 13.8 Å². The lowest BCUT2D eigenvalue weighted by Crippen LogP contribution is -2.22. The van der Waals surface area contributed by atoms with Gasteiger partial charge >= 0.3 is 11.7 Å². The second-order valence-electron chi connectivity index (χ2n) is 3.60. The Morgan fingerprint density at radius 1 is 1.47 bits per heavy atom. The first-order valence-electron chi connectivity index (χ1n) is 4.77. The first kappa shape index (κ1) is 13.4. The van der Waals surface area contributed by atoms with Crippen LogP contribution in [-0.2, 0) is 4.79 Å². The quantitative estimate of drug-likeness (QED) is 0.369. The van der Waals surface area contributed by atoms with Gasteiger partial charge in [0.2, 0.25) is 0 Å². The van der Waals surface area contributed by atoms with E-state index in [1.165, 1.54) is 0 Å². The molecule has 0 amide bonds. The molecule has 0 aliphatic carbocycles. The van der Waals surface area contributed by atoms with Crippen molar-refractivity contribution in [1.82, 2.24) is 9.97 Å². The highest BCUT2D eigenvalue weighted by Crippen LogP contribution is 2.25. The van der Waals surface area contributed by atoms with Crippen LogP contribution in [0.4, 0.5) is 5.69 Å². The summed E-state index contributed by atoms with van der Waals surface area (Å²) in [5, 5.41) is 18.9. The highest BCUT2D eigenvalue weighted by molar-refractivity contribution is 8.00. The van der Waals surface area contributed by atoms with Crippen LogP contribution < -0.4 is 0 Å². The Labute approximate surface area is 101 Å². The molecule has 0 fully saturated rings. The lowest BCUT2D eigenvalue weighted by Gasteiger charge is -2.13. The van der Waals surface area contributed by atoms with Gasteiger partial charge in [-0.2, -0.15) is 0 Å². The Bertz CT molecular complexity index is 421. The summed E-state index contributed by atoms with van der Waals surface area (Å²) in [6, 6.07) is 0. The van der Waals surface area contributed by atoms with Gasteiger partial charge in [-0.1, -0.05) is 25.6 Å². The van der Waals surface area contributed by atoms with Gasteiger partial charge in [-0.15, -0.1) is 0 Å². The van der Waals surface area contributed by atoms with E-state index in [1.807, 2.05) is 0 Å². The number of aliphatic carboxylic acids is 1. The third kappa shape index (κ3) is 3.66. The van der Waals surface area contributed by atoms with Gasteiger partial charge in [-0.05, 0) is 5.92 Å². The number of aromatic nitrogens is 2. The first-order chi connectivity index (χ1) is 7.91. The van der Waals surface area contributed by atoms with Crippen LogP contribution in [0.1, 0.15) is 13.8 Å². The summed E-state index contributed by atoms with van der Waals surface area (Å²) in [6.45, 7) is 3.55. The van der Waals surface area contributed by atoms with Crippen molar-refractivity contribution in [3.05, 3.63) is 22.5 Å². The number of carboxylic acid groups (broad SMARTS) is 1. The fraction of sp³-hybridized carbons (Fsp3) is 0.444. The number of hydrogen-bond donors (Lipinski definition) is 1. The predicted octanol–water partition coefficient (Wildman–Crippen LogP) is 1.59. The van der Waals surface area contributed by atoms with E-state index in [-0.39, 0.29) is 16.8 Å². The summed E-state index contributed by atoms with van der Waals surface area (Å²) < 4.78 is 0. The van der Waals surface area contributed by atoms with Crippen molar-refractivity contribution in [3.63, 3.8) is 0 Å². The summed E-state index contributed by atoms with van der Waals surface area (Å²) in [5.74, 6) is -1.04. The molecular formula is C9H11N3O4S. The molecule has 7 nitrogen and oxygen atoms in total. The van der Waals surface area contributed by atoms with Crippen LogP contribution in [0, 0.1) is 16.0 Å². The molecule has 1 atom stereocenters. The lowest BCUT2D eigenvalue weighted by atomic mass is 10.1. The minimum atomic E-state index is -0.952. The minimum absolute atomic E-state index is 0.0868. The van der Waals surface area contributed by atoms with E-state index in [2.05, 4.69) is 9.97 Å². The summed E-state index contributed by atoms with van der Waals surface area (Å²) in [7, 11) is 0. The lowest BCUT2D eigenvalue weighted by molar-refractivity contribution is -0.385. The van der Waals surface area contributed by atoms with E-state index in [0.717, 1.165) is 24.2 Å². The van der Waals surface area contributed by atoms with E-state index in [9.17, 15) is 14.9 Å². The van der Waals surface area contributed by atoms with Crippen LogP contribution in [0.25, 0.3) is 0 Å². The van der Waals surface area contributed by atoms with Gasteiger partial charge in [0, 0.05) is 0 Å². The van der Waals surface area contributed by atoms with Gasteiger partial charge in [0.15, 0.2) is 5.16 Å². The van der Waals surface area contributed by atoms with Crippen molar-refractivity contribution >= 4 is 23.4 Å². The van der Waals surface area contributed by atoms with Gasteiger partial charge < -0.3 is 5.11 Å². The Balaban J connectivity index is 2.80. The molecule has 1 heterocycles. The molecule has 1 aromatic heterocycles. The van der Waals surface area contributed by atoms with E-state index in [0.29, 0.717) is 0 Å². The van der Waals surface area contributed by atoms with Crippen LogP contribution in [0.2, 0.25) is 0 Å². The normalized spacial score (nSPS) is 12.4. The SMILES string of the molecule is CC(C)C(Sc1ncc([N+](=O)[O-])cn1)C(=O)O. The molecule has 17 heavy (non-hydrogen) atoms. The van der Waals surface area contributed by atoms with Crippen LogP contribution in [0.3, 0.4) is 0 Å². The monoisotopic (exact) mass is 257 g/mol. The zero-order valence-corrected chi connectivity index (χ0v) is 10.0. The number of carboxylic acids is 1. The van der Waals surface area contributed by atoms with E-state index in [4.69, 9.17) is 5.11 Å². The molecule has 1 N–H and O–H groups in total. The molecule has 0 spiro atoms. The molecule has 1 aromatic rings. The number of carbonyl (C=O) groups is 1. The molecule has 0 aromatic carbocycles. The van der Waals surface area contributed by atoms with Crippen LogP contribution in [-0.4, -0.2) is 31.2 Å². The molecule has 1 rings (SSSR count). The average Bonchev–Trinajstić information content (AvgIpc) is 2.25. The molecule has 8 heteroatoms. The summed E-state index contributed by atoms with van der Waals surface area (Å²) >= 11 is 0.981. The molecular weight excluding hydrogens is 246 g/mol. The van der Waals surface area contributed by atoms with Gasteiger partial charge in [-0.25, -0.2) is 9.97 Å². The summed E-state index contributed by atoms with van der Waals surface area (Å²) in [4.78, 5) is 28.2. The molecule has 0 aliphatic heterocycles. The Hall–Kier alpha value is -1.70. The third-order valence-corrected chi connectivity index (χ3v) is 3.33. The van der Waals surface area contributed by atoms with Crippen molar-refractivity contribution < 1.29 is 14.8 Å². The second kappa shape index (κ2) is 5.58. The largest absolute Gasteiger partial charge is 0.480 e. The van der Waals surface area contributed by atoms with Gasteiger partial charge in [0.1, 0.15) is 17.6 Å². The molecule has 0 aliphatic rings. The van der Waals surface area contributed by atoms with Crippen molar-refractivity contribution in [3.8, 4) is 0 Å². The Morgan fingerprint density at radius 2 is 2.00 bits per heavy atom. The van der Waals surface area contributed by atoms with Crippen molar-refractivity contribution in [2.24, 2.45) is 5.92 Å². The smallest absolute Gasteiger partial charge is 0.317 e. The highest BCUT2D eigenvalue weighted by Gasteiger charge is 2.24. The van der Waals surface area contributed by atoms with Crippen molar-refractivity contribution in [2.75, 3.05) is 0 Å². The third-order valence-electron chi connectivity index (χ3n) is 1.91. The van der Waals surface area contributed by atoms with Crippen LogP contribution in [0.5, 0.6) is 0 Å². The van der Waals surface area contributed by atoms with Crippen molar-refractivity contribution in [2.45, 2.75) is 24.3 Å². The number of hydrogen-bond acceptors (Lipinski definition) is 6. The van der Waals surface area contributed by atoms with Crippen LogP contribution in [0.15, 0.2) is 17.6 Å². The number of thioether (sulfide) groups is 1. The highest BCUT2D eigenvalue weighted by atomic mass is 32.2. The summed E-state index contributed by atoms with van der Waals surface area (Å²) in [5.41, 5.74) is -0.217. The number of nitrogens with zero attached hydrogens (tertiary/aromatic N) is 3. The summed E-state index contributed by atoms with van der Waals surface area (Å²) in [6.07, 6.45) is 2.13. The second-order valence-corrected chi connectivity index (χ2v) is 4.71. The molecule has 1 unspecified atom stereocenters. The van der Waals surface area contributed by atoms with E-state index < -0.39 is 16.1 Å². The number of rotatable bonds is 5. The zero-order chi connectivity index (χ0) is 13.0. The standard InChI is InChI=1S/C9H11N3O4S/c1-5(2)7(8(13)14)17-9-10-3-6(4-11-9)12(15)16/h3-5,7H,1-2H3,(H,13,14). The molecule has 92 valence electrons. The molecule has 0 radical (unpaired) electrons. The molecule has 0 saturated heterocycles. The molecule has 0 bridgehead atoms. The predicted molar refractivity (Wildman–Crippen MR) is 60.8 cm³/mol. The van der Waals surface area contributed by atoms with Crippen molar-refractivity contribution in [1.29, 1.82) is 0 Å².